The molecule has 1 aromatic heterocycles. The van der Waals surface area contributed by atoms with Gasteiger partial charge in [-0.05, 0) is 29.8 Å². The van der Waals surface area contributed by atoms with Crippen LogP contribution in [0.2, 0.25) is 0 Å². The van der Waals surface area contributed by atoms with Crippen molar-refractivity contribution in [2.45, 2.75) is 11.1 Å². The molecule has 0 aliphatic heterocycles. The maximum Gasteiger partial charge on any atom is 0.123 e. The number of pyridine rings is 1. The first kappa shape index (κ1) is 12.1. The van der Waals surface area contributed by atoms with Crippen molar-refractivity contribution in [2.24, 2.45) is 0 Å². The van der Waals surface area contributed by atoms with Gasteiger partial charge in [0.1, 0.15) is 5.82 Å². The second-order valence-electron chi connectivity index (χ2n) is 3.55. The summed E-state index contributed by atoms with van der Waals surface area (Å²) in [6.07, 6.45) is 1.11. The molecule has 0 aliphatic rings. The lowest BCUT2D eigenvalue weighted by molar-refractivity contribution is 0.204. The Bertz CT molecular complexity index is 461. The van der Waals surface area contributed by atoms with E-state index in [-0.39, 0.29) is 5.82 Å². The number of hydrogen-bond acceptors (Lipinski definition) is 3. The van der Waals surface area contributed by atoms with Gasteiger partial charge in [-0.25, -0.2) is 9.37 Å². The highest BCUT2D eigenvalue weighted by Crippen LogP contribution is 2.23. The SMILES string of the molecule is OC(CSc1ccccn1)c1ccc(F)cc1. The minimum Gasteiger partial charge on any atom is -0.388 e. The molecule has 4 heteroatoms. The van der Waals surface area contributed by atoms with E-state index in [9.17, 15) is 9.50 Å². The third kappa shape index (κ3) is 3.54. The van der Waals surface area contributed by atoms with Gasteiger partial charge in [-0.3, -0.25) is 0 Å². The van der Waals surface area contributed by atoms with E-state index in [2.05, 4.69) is 4.98 Å². The Morgan fingerprint density at radius 1 is 1.18 bits per heavy atom. The summed E-state index contributed by atoms with van der Waals surface area (Å²) in [6, 6.07) is 11.5. The topological polar surface area (TPSA) is 33.1 Å². The molecule has 0 amide bonds. The Kier molecular flexibility index (Phi) is 4.12. The summed E-state index contributed by atoms with van der Waals surface area (Å²) in [4.78, 5) is 4.15. The summed E-state index contributed by atoms with van der Waals surface area (Å²) < 4.78 is 12.7. The van der Waals surface area contributed by atoms with Gasteiger partial charge in [0.25, 0.3) is 0 Å². The lowest BCUT2D eigenvalue weighted by Gasteiger charge is -2.09. The van der Waals surface area contributed by atoms with Crippen molar-refractivity contribution in [2.75, 3.05) is 5.75 Å². The van der Waals surface area contributed by atoms with Crippen LogP contribution >= 0.6 is 11.8 Å². The second-order valence-corrected chi connectivity index (χ2v) is 4.59. The number of aliphatic hydroxyl groups excluding tert-OH is 1. The minimum absolute atomic E-state index is 0.293. The highest BCUT2D eigenvalue weighted by atomic mass is 32.2. The Morgan fingerprint density at radius 2 is 1.94 bits per heavy atom. The van der Waals surface area contributed by atoms with Crippen LogP contribution < -0.4 is 0 Å². The molecule has 1 aromatic carbocycles. The molecule has 2 aromatic rings. The molecule has 88 valence electrons. The predicted molar refractivity (Wildman–Crippen MR) is 66.3 cm³/mol. The van der Waals surface area contributed by atoms with Gasteiger partial charge in [0.05, 0.1) is 11.1 Å². The van der Waals surface area contributed by atoms with Gasteiger partial charge in [0.15, 0.2) is 0 Å². The minimum atomic E-state index is -0.609. The van der Waals surface area contributed by atoms with E-state index < -0.39 is 6.10 Å². The van der Waals surface area contributed by atoms with Gasteiger partial charge >= 0.3 is 0 Å². The monoisotopic (exact) mass is 249 g/mol. The zero-order valence-corrected chi connectivity index (χ0v) is 9.90. The highest BCUT2D eigenvalue weighted by Gasteiger charge is 2.08. The quantitative estimate of drug-likeness (QED) is 0.845. The number of aromatic nitrogens is 1. The first-order chi connectivity index (χ1) is 8.25. The zero-order valence-electron chi connectivity index (χ0n) is 9.08. The van der Waals surface area contributed by atoms with E-state index in [1.165, 1.54) is 23.9 Å². The van der Waals surface area contributed by atoms with Crippen LogP contribution in [-0.2, 0) is 0 Å². The molecule has 2 rings (SSSR count). The van der Waals surface area contributed by atoms with Crippen LogP contribution in [0.4, 0.5) is 4.39 Å². The number of rotatable bonds is 4. The fourth-order valence-corrected chi connectivity index (χ4v) is 2.21. The van der Waals surface area contributed by atoms with E-state index in [1.807, 2.05) is 18.2 Å². The molecule has 1 unspecified atom stereocenters. The Hall–Kier alpha value is -1.39. The van der Waals surface area contributed by atoms with Gasteiger partial charge in [0, 0.05) is 11.9 Å². The molecule has 1 atom stereocenters. The molecular weight excluding hydrogens is 237 g/mol. The van der Waals surface area contributed by atoms with Crippen LogP contribution in [0.1, 0.15) is 11.7 Å². The summed E-state index contributed by atoms with van der Waals surface area (Å²) in [7, 11) is 0. The molecule has 1 N–H and O–H groups in total. The average Bonchev–Trinajstić information content (AvgIpc) is 2.38. The lowest BCUT2D eigenvalue weighted by atomic mass is 10.1. The number of hydrogen-bond donors (Lipinski definition) is 1. The van der Waals surface area contributed by atoms with E-state index in [0.29, 0.717) is 5.75 Å². The molecule has 0 radical (unpaired) electrons. The van der Waals surface area contributed by atoms with E-state index in [0.717, 1.165) is 10.6 Å². The van der Waals surface area contributed by atoms with Crippen molar-refractivity contribution >= 4 is 11.8 Å². The van der Waals surface area contributed by atoms with Crippen molar-refractivity contribution in [3.05, 3.63) is 60.0 Å². The molecule has 0 fully saturated rings. The van der Waals surface area contributed by atoms with Crippen LogP contribution in [0.3, 0.4) is 0 Å². The molecule has 0 bridgehead atoms. The average molecular weight is 249 g/mol. The number of nitrogens with zero attached hydrogens (tertiary/aromatic N) is 1. The molecule has 0 spiro atoms. The van der Waals surface area contributed by atoms with Crippen LogP contribution in [-0.4, -0.2) is 15.8 Å². The zero-order chi connectivity index (χ0) is 12.1. The number of aliphatic hydroxyl groups is 1. The summed E-state index contributed by atoms with van der Waals surface area (Å²) in [5.41, 5.74) is 0.717. The summed E-state index contributed by atoms with van der Waals surface area (Å²) in [6.45, 7) is 0. The molecule has 1 heterocycles. The second kappa shape index (κ2) is 5.80. The summed E-state index contributed by atoms with van der Waals surface area (Å²) >= 11 is 1.47. The molecule has 0 saturated heterocycles. The van der Waals surface area contributed by atoms with E-state index >= 15 is 0 Å². The fourth-order valence-electron chi connectivity index (χ4n) is 1.38. The van der Waals surface area contributed by atoms with Gasteiger partial charge in [-0.1, -0.05) is 18.2 Å². The van der Waals surface area contributed by atoms with Crippen LogP contribution in [0.15, 0.2) is 53.7 Å². The third-order valence-corrected chi connectivity index (χ3v) is 3.30. The van der Waals surface area contributed by atoms with Crippen molar-refractivity contribution in [3.63, 3.8) is 0 Å². The number of halogens is 1. The van der Waals surface area contributed by atoms with E-state index in [4.69, 9.17) is 0 Å². The first-order valence-electron chi connectivity index (χ1n) is 5.23. The van der Waals surface area contributed by atoms with Gasteiger partial charge in [-0.15, -0.1) is 11.8 Å². The molecule has 0 saturated carbocycles. The maximum atomic E-state index is 12.7. The largest absolute Gasteiger partial charge is 0.388 e. The van der Waals surface area contributed by atoms with E-state index in [1.54, 1.807) is 18.3 Å². The molecular formula is C13H12FNOS. The Labute approximate surface area is 104 Å². The van der Waals surface area contributed by atoms with Gasteiger partial charge < -0.3 is 5.11 Å². The molecule has 0 aliphatic carbocycles. The molecule has 17 heavy (non-hydrogen) atoms. The summed E-state index contributed by atoms with van der Waals surface area (Å²) in [5.74, 6) is 0.209. The highest BCUT2D eigenvalue weighted by molar-refractivity contribution is 7.99. The Morgan fingerprint density at radius 3 is 2.59 bits per heavy atom. The first-order valence-corrected chi connectivity index (χ1v) is 6.21. The predicted octanol–water partition coefficient (Wildman–Crippen LogP) is 3.05. The Balaban J connectivity index is 1.93. The number of thioether (sulfide) groups is 1. The van der Waals surface area contributed by atoms with Crippen molar-refractivity contribution in [1.29, 1.82) is 0 Å². The maximum absolute atomic E-state index is 12.7. The normalized spacial score (nSPS) is 12.4. The van der Waals surface area contributed by atoms with Crippen molar-refractivity contribution < 1.29 is 9.50 Å². The van der Waals surface area contributed by atoms with Crippen LogP contribution in [0.25, 0.3) is 0 Å². The van der Waals surface area contributed by atoms with Gasteiger partial charge in [-0.2, -0.15) is 0 Å². The van der Waals surface area contributed by atoms with Crippen molar-refractivity contribution in [3.8, 4) is 0 Å². The van der Waals surface area contributed by atoms with Crippen molar-refractivity contribution in [1.82, 2.24) is 4.98 Å². The number of benzene rings is 1. The third-order valence-electron chi connectivity index (χ3n) is 2.28. The lowest BCUT2D eigenvalue weighted by Crippen LogP contribution is -2.00. The fraction of sp³-hybridized carbons (Fsp3) is 0.154. The smallest absolute Gasteiger partial charge is 0.123 e. The van der Waals surface area contributed by atoms with Crippen LogP contribution in [0, 0.1) is 5.82 Å². The molecule has 2 nitrogen and oxygen atoms in total. The van der Waals surface area contributed by atoms with Gasteiger partial charge in [0.2, 0.25) is 0 Å². The summed E-state index contributed by atoms with van der Waals surface area (Å²) in [5, 5.41) is 10.8. The standard InChI is InChI=1S/C13H12FNOS/c14-11-6-4-10(5-7-11)12(16)9-17-13-3-1-2-8-15-13/h1-8,12,16H,9H2. The van der Waals surface area contributed by atoms with Crippen LogP contribution in [0.5, 0.6) is 0 Å².